The Balaban J connectivity index is 0.000000500. The summed E-state index contributed by atoms with van der Waals surface area (Å²) >= 11 is 1.35. The van der Waals surface area contributed by atoms with Crippen LogP contribution in [0.5, 0.6) is 0 Å². The standard InChI is InChI=1S/C17H18FNO4S2.C6H12O2S.C2H6/c1-3-6-24-17-15-12(8-11(18)9-13(15)25(2,22)23)19-5-4-10(16(17)19)7-14(20)21;1-4-5-6(2)9(3,7)8;1-2/h3,6,8-10H,4-5,7H2,1-2H3,(H,20,21);4-6H,1-3H3;1-2H3/b6-3+;5-4-;. The van der Waals surface area contributed by atoms with Crippen molar-refractivity contribution in [2.24, 2.45) is 0 Å². The number of benzene rings is 1. The van der Waals surface area contributed by atoms with Crippen molar-refractivity contribution in [1.29, 1.82) is 0 Å². The van der Waals surface area contributed by atoms with Gasteiger partial charge in [0.05, 0.1) is 22.1 Å². The Morgan fingerprint density at radius 2 is 1.81 bits per heavy atom. The molecule has 3 rings (SSSR count). The summed E-state index contributed by atoms with van der Waals surface area (Å²) < 4.78 is 61.7. The molecule has 0 amide bonds. The second-order valence-electron chi connectivity index (χ2n) is 8.17. The third kappa shape index (κ3) is 7.94. The number of hydrogen-bond donors (Lipinski definition) is 1. The topological polar surface area (TPSA) is 111 Å². The molecule has 0 aliphatic carbocycles. The molecule has 0 spiro atoms. The number of aliphatic carboxylic acids is 1. The average molecular weight is 562 g/mol. The van der Waals surface area contributed by atoms with Gasteiger partial charge in [-0.15, -0.1) is 0 Å². The summed E-state index contributed by atoms with van der Waals surface area (Å²) in [6.45, 7) is 9.86. The maximum Gasteiger partial charge on any atom is 0.304 e. The maximum absolute atomic E-state index is 14.1. The van der Waals surface area contributed by atoms with Crippen molar-refractivity contribution in [2.45, 2.75) is 75.0 Å². The molecule has 0 radical (unpaired) electrons. The number of sulfone groups is 2. The molecule has 36 heavy (non-hydrogen) atoms. The molecule has 0 fully saturated rings. The molecule has 1 aromatic heterocycles. The summed E-state index contributed by atoms with van der Waals surface area (Å²) in [5, 5.41) is 11.1. The van der Waals surface area contributed by atoms with E-state index in [4.69, 9.17) is 0 Å². The highest BCUT2D eigenvalue weighted by molar-refractivity contribution is 8.02. The van der Waals surface area contributed by atoms with Crippen molar-refractivity contribution in [1.82, 2.24) is 4.57 Å². The summed E-state index contributed by atoms with van der Waals surface area (Å²) in [5.41, 5.74) is 1.30. The fraction of sp³-hybridized carbons (Fsp3) is 0.480. The molecular formula is C25H36FNO6S3. The lowest BCUT2D eigenvalue weighted by Crippen LogP contribution is -2.12. The fourth-order valence-corrected chi connectivity index (χ4v) is 6.24. The Morgan fingerprint density at radius 1 is 1.19 bits per heavy atom. The first-order valence-corrected chi connectivity index (χ1v) is 16.3. The highest BCUT2D eigenvalue weighted by Crippen LogP contribution is 2.47. The molecule has 0 bridgehead atoms. The predicted molar refractivity (Wildman–Crippen MR) is 146 cm³/mol. The largest absolute Gasteiger partial charge is 0.481 e. The molecule has 0 saturated heterocycles. The molecule has 2 atom stereocenters. The number of aryl methyl sites for hydroxylation is 1. The highest BCUT2D eigenvalue weighted by atomic mass is 32.2. The molecule has 2 heterocycles. The van der Waals surface area contributed by atoms with E-state index >= 15 is 0 Å². The van der Waals surface area contributed by atoms with Crippen LogP contribution in [0.2, 0.25) is 0 Å². The lowest BCUT2D eigenvalue weighted by atomic mass is 10.0. The third-order valence-corrected chi connectivity index (χ3v) is 9.14. The molecule has 2 aromatic rings. The third-order valence-electron chi connectivity index (χ3n) is 5.46. The van der Waals surface area contributed by atoms with E-state index in [-0.39, 0.29) is 22.5 Å². The predicted octanol–water partition coefficient (Wildman–Crippen LogP) is 5.79. The lowest BCUT2D eigenvalue weighted by Gasteiger charge is -2.09. The molecule has 11 heteroatoms. The summed E-state index contributed by atoms with van der Waals surface area (Å²) in [5.74, 6) is -1.73. The molecule has 1 aliphatic heterocycles. The van der Waals surface area contributed by atoms with Gasteiger partial charge in [-0.2, -0.15) is 0 Å². The zero-order valence-electron chi connectivity index (χ0n) is 21.8. The number of carboxylic acids is 1. The van der Waals surface area contributed by atoms with Crippen molar-refractivity contribution >= 4 is 48.3 Å². The van der Waals surface area contributed by atoms with Gasteiger partial charge in [-0.05, 0) is 44.7 Å². The van der Waals surface area contributed by atoms with E-state index in [1.54, 1.807) is 19.1 Å². The smallest absolute Gasteiger partial charge is 0.304 e. The highest BCUT2D eigenvalue weighted by Gasteiger charge is 2.33. The van der Waals surface area contributed by atoms with Gasteiger partial charge in [-0.25, -0.2) is 21.2 Å². The van der Waals surface area contributed by atoms with Crippen molar-refractivity contribution in [2.75, 3.05) is 12.5 Å². The Hall–Kier alpha value is -2.11. The number of nitrogens with zero attached hydrogens (tertiary/aromatic N) is 1. The number of rotatable bonds is 7. The van der Waals surface area contributed by atoms with E-state index in [0.717, 1.165) is 18.0 Å². The monoisotopic (exact) mass is 561 g/mol. The normalized spacial score (nSPS) is 16.4. The Bertz CT molecular complexity index is 1340. The van der Waals surface area contributed by atoms with Gasteiger partial charge in [0.15, 0.2) is 19.7 Å². The van der Waals surface area contributed by atoms with E-state index in [1.165, 1.54) is 24.1 Å². The number of halogens is 1. The van der Waals surface area contributed by atoms with Gasteiger partial charge in [-0.3, -0.25) is 4.79 Å². The van der Waals surface area contributed by atoms with Crippen molar-refractivity contribution in [3.05, 3.63) is 47.3 Å². The SMILES string of the molecule is C/C=C/Sc1c2n(c3cc(F)cc(S(C)(=O)=O)c13)CCC2CC(=O)O.C/C=C\C(C)S(C)(=O)=O.CC. The van der Waals surface area contributed by atoms with E-state index < -0.39 is 31.5 Å². The molecule has 202 valence electrons. The van der Waals surface area contributed by atoms with Crippen LogP contribution >= 0.6 is 11.8 Å². The minimum atomic E-state index is -3.63. The van der Waals surface area contributed by atoms with Gasteiger partial charge in [-0.1, -0.05) is 43.8 Å². The van der Waals surface area contributed by atoms with E-state index in [0.29, 0.717) is 28.8 Å². The number of hydrogen-bond acceptors (Lipinski definition) is 6. The minimum Gasteiger partial charge on any atom is -0.481 e. The van der Waals surface area contributed by atoms with Crippen LogP contribution in [0.25, 0.3) is 10.9 Å². The molecule has 1 aliphatic rings. The maximum atomic E-state index is 14.1. The summed E-state index contributed by atoms with van der Waals surface area (Å²) in [6.07, 6.45) is 8.13. The molecule has 2 unspecified atom stereocenters. The van der Waals surface area contributed by atoms with E-state index in [1.807, 2.05) is 43.7 Å². The van der Waals surface area contributed by atoms with Crippen LogP contribution in [-0.2, 0) is 31.0 Å². The zero-order valence-corrected chi connectivity index (χ0v) is 24.2. The van der Waals surface area contributed by atoms with Gasteiger partial charge in [0.25, 0.3) is 0 Å². The van der Waals surface area contributed by atoms with Gasteiger partial charge in [0.1, 0.15) is 5.82 Å². The first-order valence-electron chi connectivity index (χ1n) is 11.6. The van der Waals surface area contributed by atoms with Gasteiger partial charge in [0, 0.05) is 40.9 Å². The first-order chi connectivity index (χ1) is 16.7. The number of carbonyl (C=O) groups is 1. The zero-order chi connectivity index (χ0) is 27.8. The van der Waals surface area contributed by atoms with Crippen LogP contribution in [0.4, 0.5) is 4.39 Å². The summed E-state index contributed by atoms with van der Waals surface area (Å²) in [6, 6.07) is 2.37. The molecular weight excluding hydrogens is 525 g/mol. The van der Waals surface area contributed by atoms with E-state index in [2.05, 4.69) is 0 Å². The quantitative estimate of drug-likeness (QED) is 0.336. The second-order valence-corrected chi connectivity index (χ2v) is 13.5. The van der Waals surface area contributed by atoms with Crippen LogP contribution in [0.15, 0.2) is 45.6 Å². The summed E-state index contributed by atoms with van der Waals surface area (Å²) in [7, 11) is -6.49. The number of allylic oxidation sites excluding steroid dienone is 2. The van der Waals surface area contributed by atoms with Crippen LogP contribution in [0.3, 0.4) is 0 Å². The molecule has 0 saturated carbocycles. The number of aromatic nitrogens is 1. The Labute approximate surface area is 218 Å². The minimum absolute atomic E-state index is 0.0313. The average Bonchev–Trinajstić information content (AvgIpc) is 3.31. The first kappa shape index (κ1) is 31.9. The number of thioether (sulfide) groups is 1. The Kier molecular flexibility index (Phi) is 11.9. The van der Waals surface area contributed by atoms with Crippen LogP contribution < -0.4 is 0 Å². The molecule has 1 aromatic carbocycles. The van der Waals surface area contributed by atoms with Crippen molar-refractivity contribution in [3.8, 4) is 0 Å². The van der Waals surface area contributed by atoms with Crippen LogP contribution in [-0.4, -0.2) is 50.2 Å². The van der Waals surface area contributed by atoms with Gasteiger partial charge < -0.3 is 9.67 Å². The van der Waals surface area contributed by atoms with Crippen LogP contribution in [0, 0.1) is 5.82 Å². The molecule has 1 N–H and O–H groups in total. The second kappa shape index (κ2) is 13.4. The Morgan fingerprint density at radius 3 is 2.25 bits per heavy atom. The fourth-order valence-electron chi connectivity index (χ4n) is 3.83. The molecule has 7 nitrogen and oxygen atoms in total. The van der Waals surface area contributed by atoms with Crippen molar-refractivity contribution < 1.29 is 31.1 Å². The van der Waals surface area contributed by atoms with E-state index in [9.17, 15) is 31.1 Å². The number of carboxylic acid groups (broad SMARTS) is 1. The number of fused-ring (bicyclic) bond motifs is 3. The van der Waals surface area contributed by atoms with Gasteiger partial charge in [0.2, 0.25) is 0 Å². The summed E-state index contributed by atoms with van der Waals surface area (Å²) in [4.78, 5) is 11.9. The lowest BCUT2D eigenvalue weighted by molar-refractivity contribution is -0.137. The van der Waals surface area contributed by atoms with Gasteiger partial charge >= 0.3 is 5.97 Å². The van der Waals surface area contributed by atoms with Crippen LogP contribution in [0.1, 0.15) is 59.1 Å². The van der Waals surface area contributed by atoms with Crippen molar-refractivity contribution in [3.63, 3.8) is 0 Å².